The van der Waals surface area contributed by atoms with E-state index in [-0.39, 0.29) is 17.4 Å². The molecule has 0 atom stereocenters. The predicted octanol–water partition coefficient (Wildman–Crippen LogP) is 4.16. The third-order valence-electron chi connectivity index (χ3n) is 3.15. The molecule has 0 saturated carbocycles. The van der Waals surface area contributed by atoms with Crippen LogP contribution in [0.2, 0.25) is 0 Å². The van der Waals surface area contributed by atoms with Gasteiger partial charge in [0.2, 0.25) is 5.91 Å². The monoisotopic (exact) mass is 347 g/mol. The van der Waals surface area contributed by atoms with Gasteiger partial charge in [0.05, 0.1) is 12.4 Å². The number of hydrogen-bond acceptors (Lipinski definition) is 4. The van der Waals surface area contributed by atoms with Crippen LogP contribution in [0, 0.1) is 5.82 Å². The number of carbonyl (C=O) groups excluding carboxylic acids is 2. The summed E-state index contributed by atoms with van der Waals surface area (Å²) in [6.45, 7) is 3.86. The zero-order chi connectivity index (χ0) is 17.5. The molecule has 0 fully saturated rings. The normalized spacial score (nSPS) is 10.3. The third-order valence-corrected chi connectivity index (χ3v) is 4.19. The molecule has 24 heavy (non-hydrogen) atoms. The van der Waals surface area contributed by atoms with Gasteiger partial charge in [0.25, 0.3) is 0 Å². The van der Waals surface area contributed by atoms with Crippen molar-refractivity contribution in [1.82, 2.24) is 0 Å². The largest absolute Gasteiger partial charge is 0.494 e. The van der Waals surface area contributed by atoms with Crippen molar-refractivity contribution in [2.75, 3.05) is 17.7 Å². The number of benzene rings is 2. The highest BCUT2D eigenvalue weighted by Crippen LogP contribution is 2.23. The summed E-state index contributed by atoms with van der Waals surface area (Å²) < 4.78 is 19.2. The number of ketones is 1. The lowest BCUT2D eigenvalue weighted by Gasteiger charge is -2.08. The van der Waals surface area contributed by atoms with Crippen molar-refractivity contribution in [3.8, 4) is 5.75 Å². The summed E-state index contributed by atoms with van der Waals surface area (Å²) in [7, 11) is 0. The molecule has 0 aliphatic heterocycles. The minimum atomic E-state index is -0.499. The van der Waals surface area contributed by atoms with Crippen LogP contribution in [0.25, 0.3) is 0 Å². The summed E-state index contributed by atoms with van der Waals surface area (Å²) >= 11 is 1.08. The lowest BCUT2D eigenvalue weighted by Crippen LogP contribution is -2.14. The third kappa shape index (κ3) is 5.09. The molecule has 1 amide bonds. The molecule has 0 aliphatic rings. The fourth-order valence-corrected chi connectivity index (χ4v) is 2.70. The second-order valence-corrected chi connectivity index (χ2v) is 6.01. The van der Waals surface area contributed by atoms with Crippen LogP contribution in [-0.4, -0.2) is 24.1 Å². The summed E-state index contributed by atoms with van der Waals surface area (Å²) in [5.74, 6) is -0.124. The number of halogens is 1. The van der Waals surface area contributed by atoms with Gasteiger partial charge in [0, 0.05) is 16.1 Å². The summed E-state index contributed by atoms with van der Waals surface area (Å²) in [5, 5.41) is 2.74. The highest BCUT2D eigenvalue weighted by molar-refractivity contribution is 8.00. The number of nitrogens with one attached hydrogen (secondary N) is 1. The van der Waals surface area contributed by atoms with Crippen LogP contribution in [0.1, 0.15) is 24.2 Å². The first kappa shape index (κ1) is 18.0. The van der Waals surface area contributed by atoms with Gasteiger partial charge in [-0.2, -0.15) is 0 Å². The molecular formula is C18H18FNO3S. The van der Waals surface area contributed by atoms with E-state index in [4.69, 9.17) is 4.74 Å². The highest BCUT2D eigenvalue weighted by atomic mass is 32.2. The fourth-order valence-electron chi connectivity index (χ4n) is 1.98. The van der Waals surface area contributed by atoms with Crippen LogP contribution in [0.3, 0.4) is 0 Å². The molecule has 0 unspecified atom stereocenters. The molecule has 2 rings (SSSR count). The molecule has 6 heteroatoms. The standard InChI is InChI=1S/C18H18FNO3S/c1-3-23-15-7-5-14(6-8-15)20-18(22)11-24-17-9-4-13(12(2)21)10-16(17)19/h4-10H,3,11H2,1-2H3,(H,20,22). The van der Waals surface area contributed by atoms with Crippen LogP contribution < -0.4 is 10.1 Å². The molecule has 0 bridgehead atoms. The van der Waals surface area contributed by atoms with Gasteiger partial charge in [0.1, 0.15) is 11.6 Å². The number of ether oxygens (including phenoxy) is 1. The van der Waals surface area contributed by atoms with E-state index in [1.54, 1.807) is 30.3 Å². The van der Waals surface area contributed by atoms with Crippen LogP contribution in [0.4, 0.5) is 10.1 Å². The van der Waals surface area contributed by atoms with Gasteiger partial charge in [-0.15, -0.1) is 11.8 Å². The number of hydrogen-bond donors (Lipinski definition) is 1. The number of carbonyl (C=O) groups is 2. The minimum absolute atomic E-state index is 0.0730. The summed E-state index contributed by atoms with van der Waals surface area (Å²) in [6, 6.07) is 11.3. The summed E-state index contributed by atoms with van der Waals surface area (Å²) in [5.41, 5.74) is 0.965. The second-order valence-electron chi connectivity index (χ2n) is 5.00. The van der Waals surface area contributed by atoms with Crippen molar-refractivity contribution in [2.45, 2.75) is 18.7 Å². The fraction of sp³-hybridized carbons (Fsp3) is 0.222. The average Bonchev–Trinajstić information content (AvgIpc) is 2.55. The van der Waals surface area contributed by atoms with Gasteiger partial charge in [-0.05, 0) is 50.2 Å². The number of thioether (sulfide) groups is 1. The van der Waals surface area contributed by atoms with Crippen LogP contribution in [-0.2, 0) is 4.79 Å². The molecule has 2 aromatic rings. The maximum atomic E-state index is 13.9. The Morgan fingerprint density at radius 1 is 1.17 bits per heavy atom. The Balaban J connectivity index is 1.90. The molecule has 1 N–H and O–H groups in total. The van der Waals surface area contributed by atoms with Crippen molar-refractivity contribution >= 4 is 29.1 Å². The van der Waals surface area contributed by atoms with Gasteiger partial charge in [0.15, 0.2) is 5.78 Å². The lowest BCUT2D eigenvalue weighted by atomic mass is 10.1. The maximum absolute atomic E-state index is 13.9. The highest BCUT2D eigenvalue weighted by Gasteiger charge is 2.10. The van der Waals surface area contributed by atoms with E-state index in [2.05, 4.69) is 5.32 Å². The molecule has 0 radical (unpaired) electrons. The van der Waals surface area contributed by atoms with E-state index in [0.717, 1.165) is 17.5 Å². The van der Waals surface area contributed by atoms with Gasteiger partial charge in [-0.1, -0.05) is 6.07 Å². The van der Waals surface area contributed by atoms with Crippen LogP contribution in [0.5, 0.6) is 5.75 Å². The van der Waals surface area contributed by atoms with Gasteiger partial charge in [-0.25, -0.2) is 4.39 Å². The summed E-state index contributed by atoms with van der Waals surface area (Å²) in [6.07, 6.45) is 0. The molecule has 0 aliphatic carbocycles. The zero-order valence-electron chi connectivity index (χ0n) is 13.5. The Hall–Kier alpha value is -2.34. The Morgan fingerprint density at radius 2 is 1.88 bits per heavy atom. The van der Waals surface area contributed by atoms with E-state index in [1.165, 1.54) is 19.1 Å². The number of anilines is 1. The van der Waals surface area contributed by atoms with Crippen LogP contribution in [0.15, 0.2) is 47.4 Å². The average molecular weight is 347 g/mol. The van der Waals surface area contributed by atoms with Gasteiger partial charge in [-0.3, -0.25) is 9.59 Å². The first-order valence-corrected chi connectivity index (χ1v) is 8.44. The van der Waals surface area contributed by atoms with Crippen molar-refractivity contribution in [3.05, 3.63) is 53.8 Å². The predicted molar refractivity (Wildman–Crippen MR) is 93.4 cm³/mol. The number of Topliss-reactive ketones (excluding diaryl/α,β-unsaturated/α-hetero) is 1. The van der Waals surface area contributed by atoms with Crippen molar-refractivity contribution in [2.24, 2.45) is 0 Å². The smallest absolute Gasteiger partial charge is 0.234 e. The van der Waals surface area contributed by atoms with E-state index in [9.17, 15) is 14.0 Å². The molecule has 4 nitrogen and oxygen atoms in total. The van der Waals surface area contributed by atoms with E-state index in [1.807, 2.05) is 6.92 Å². The SMILES string of the molecule is CCOc1ccc(NC(=O)CSc2ccc(C(C)=O)cc2F)cc1. The van der Waals surface area contributed by atoms with Gasteiger partial charge >= 0.3 is 0 Å². The molecular weight excluding hydrogens is 329 g/mol. The molecule has 0 saturated heterocycles. The minimum Gasteiger partial charge on any atom is -0.494 e. The topological polar surface area (TPSA) is 55.4 Å². The molecule has 0 heterocycles. The van der Waals surface area contributed by atoms with Crippen molar-refractivity contribution in [1.29, 1.82) is 0 Å². The van der Waals surface area contributed by atoms with E-state index in [0.29, 0.717) is 22.8 Å². The maximum Gasteiger partial charge on any atom is 0.234 e. The quantitative estimate of drug-likeness (QED) is 0.604. The first-order chi connectivity index (χ1) is 11.5. The lowest BCUT2D eigenvalue weighted by molar-refractivity contribution is -0.113. The van der Waals surface area contributed by atoms with E-state index < -0.39 is 5.82 Å². The van der Waals surface area contributed by atoms with Crippen LogP contribution >= 0.6 is 11.8 Å². The number of rotatable bonds is 7. The Bertz CT molecular complexity index is 732. The summed E-state index contributed by atoms with van der Waals surface area (Å²) in [4.78, 5) is 23.5. The Morgan fingerprint density at radius 3 is 2.46 bits per heavy atom. The van der Waals surface area contributed by atoms with E-state index >= 15 is 0 Å². The van der Waals surface area contributed by atoms with Gasteiger partial charge < -0.3 is 10.1 Å². The van der Waals surface area contributed by atoms with Crippen molar-refractivity contribution in [3.63, 3.8) is 0 Å². The molecule has 0 spiro atoms. The van der Waals surface area contributed by atoms with Crippen molar-refractivity contribution < 1.29 is 18.7 Å². The number of amides is 1. The molecule has 2 aromatic carbocycles. The second kappa shape index (κ2) is 8.49. The molecule has 126 valence electrons. The Kier molecular flexibility index (Phi) is 6.37. The zero-order valence-corrected chi connectivity index (χ0v) is 14.3. The Labute approximate surface area is 144 Å². The molecule has 0 aromatic heterocycles. The first-order valence-electron chi connectivity index (χ1n) is 7.45.